The molecule has 2 heterocycles. The second-order valence-corrected chi connectivity index (χ2v) is 11.4. The Labute approximate surface area is 202 Å². The van der Waals surface area contributed by atoms with Crippen LogP contribution in [0.5, 0.6) is 11.5 Å². The molecule has 0 atom stereocenters. The number of hydrogen-bond acceptors (Lipinski definition) is 7. The van der Waals surface area contributed by atoms with E-state index in [0.717, 1.165) is 0 Å². The molecule has 2 saturated heterocycles. The molecule has 0 unspecified atom stereocenters. The summed E-state index contributed by atoms with van der Waals surface area (Å²) >= 11 is 0. The molecular formula is C23H32N2O7S2. The van der Waals surface area contributed by atoms with Gasteiger partial charge in [-0.3, -0.25) is 0 Å². The van der Waals surface area contributed by atoms with Crippen molar-refractivity contribution < 1.29 is 31.0 Å². The van der Waals surface area contributed by atoms with Crippen molar-refractivity contribution in [2.24, 2.45) is 0 Å². The first kappa shape index (κ1) is 26.4. The van der Waals surface area contributed by atoms with Crippen LogP contribution in [0.1, 0.15) is 26.7 Å². The standard InChI is InChI=1S/C21H26N2O7S2.C2H6/c1-28-17-3-7-19(8-4-17)31(24,25)22-13-11-21(12-14-22)23(15-16-30-21)32(26,27)20-9-5-18(29-2)6-10-20;1-2/h3-10H,11-16H2,1-2H3;1-2H3. The molecule has 2 aliphatic rings. The van der Waals surface area contributed by atoms with Gasteiger partial charge in [0.15, 0.2) is 0 Å². The molecule has 2 fully saturated rings. The van der Waals surface area contributed by atoms with E-state index in [9.17, 15) is 16.8 Å². The Morgan fingerprint density at radius 2 is 1.18 bits per heavy atom. The fourth-order valence-corrected chi connectivity index (χ4v) is 7.34. The van der Waals surface area contributed by atoms with Gasteiger partial charge >= 0.3 is 0 Å². The highest BCUT2D eigenvalue weighted by molar-refractivity contribution is 7.89. The number of methoxy groups -OCH3 is 2. The van der Waals surface area contributed by atoms with Crippen LogP contribution in [-0.4, -0.2) is 71.6 Å². The highest BCUT2D eigenvalue weighted by atomic mass is 32.2. The quantitative estimate of drug-likeness (QED) is 0.586. The normalized spacial score (nSPS) is 18.8. The van der Waals surface area contributed by atoms with Crippen LogP contribution in [0.25, 0.3) is 0 Å². The molecule has 9 nitrogen and oxygen atoms in total. The molecule has 2 aromatic carbocycles. The van der Waals surface area contributed by atoms with Crippen LogP contribution in [-0.2, 0) is 24.8 Å². The monoisotopic (exact) mass is 512 g/mol. The lowest BCUT2D eigenvalue weighted by Gasteiger charge is -2.42. The van der Waals surface area contributed by atoms with Gasteiger partial charge in [0.1, 0.15) is 17.2 Å². The molecule has 2 aromatic rings. The van der Waals surface area contributed by atoms with Gasteiger partial charge in [0.05, 0.1) is 30.6 Å². The summed E-state index contributed by atoms with van der Waals surface area (Å²) in [4.78, 5) is 0.320. The minimum absolute atomic E-state index is 0.149. The first-order valence-corrected chi connectivity index (χ1v) is 14.1. The van der Waals surface area contributed by atoms with Gasteiger partial charge in [-0.1, -0.05) is 13.8 Å². The number of ether oxygens (including phenoxy) is 3. The van der Waals surface area contributed by atoms with Crippen molar-refractivity contribution in [2.75, 3.05) is 40.5 Å². The minimum Gasteiger partial charge on any atom is -0.497 e. The van der Waals surface area contributed by atoms with Crippen LogP contribution in [0.3, 0.4) is 0 Å². The minimum atomic E-state index is -3.81. The van der Waals surface area contributed by atoms with Crippen molar-refractivity contribution in [2.45, 2.75) is 42.2 Å². The lowest BCUT2D eigenvalue weighted by Crippen LogP contribution is -2.55. The van der Waals surface area contributed by atoms with Crippen molar-refractivity contribution in [1.82, 2.24) is 8.61 Å². The average molecular weight is 513 g/mol. The molecule has 0 aromatic heterocycles. The third-order valence-electron chi connectivity index (χ3n) is 5.97. The van der Waals surface area contributed by atoms with Gasteiger partial charge < -0.3 is 14.2 Å². The summed E-state index contributed by atoms with van der Waals surface area (Å²) in [5.74, 6) is 1.13. The molecule has 0 bridgehead atoms. The number of rotatable bonds is 6. The lowest BCUT2D eigenvalue weighted by molar-refractivity contribution is -0.0806. The Balaban J connectivity index is 0.00000158. The zero-order chi connectivity index (χ0) is 25.0. The van der Waals surface area contributed by atoms with Crippen LogP contribution in [0, 0.1) is 0 Å². The maximum atomic E-state index is 13.3. The summed E-state index contributed by atoms with van der Waals surface area (Å²) in [6.45, 7) is 4.80. The molecular weight excluding hydrogens is 480 g/mol. The highest BCUT2D eigenvalue weighted by Gasteiger charge is 2.51. The molecule has 0 radical (unpaired) electrons. The molecule has 0 saturated carbocycles. The Morgan fingerprint density at radius 3 is 1.62 bits per heavy atom. The van der Waals surface area contributed by atoms with Crippen LogP contribution >= 0.6 is 0 Å². The van der Waals surface area contributed by atoms with Gasteiger partial charge in [-0.15, -0.1) is 0 Å². The van der Waals surface area contributed by atoms with Crippen molar-refractivity contribution in [3.63, 3.8) is 0 Å². The largest absolute Gasteiger partial charge is 0.497 e. The number of sulfonamides is 2. The fourth-order valence-electron chi connectivity index (χ4n) is 4.17. The van der Waals surface area contributed by atoms with Gasteiger partial charge in [-0.25, -0.2) is 16.8 Å². The SMILES string of the molecule is CC.COc1ccc(S(=O)(=O)N2CCC3(CC2)OCCN3S(=O)(=O)c2ccc(OC)cc2)cc1. The maximum absolute atomic E-state index is 13.3. The van der Waals surface area contributed by atoms with E-state index < -0.39 is 25.8 Å². The van der Waals surface area contributed by atoms with Gasteiger partial charge in [0, 0.05) is 32.5 Å². The van der Waals surface area contributed by atoms with E-state index in [4.69, 9.17) is 14.2 Å². The summed E-state index contributed by atoms with van der Waals surface area (Å²) in [6.07, 6.45) is 0.496. The van der Waals surface area contributed by atoms with Gasteiger partial charge in [0.2, 0.25) is 20.0 Å². The van der Waals surface area contributed by atoms with E-state index in [2.05, 4.69) is 0 Å². The van der Waals surface area contributed by atoms with E-state index in [1.165, 1.54) is 47.1 Å². The molecule has 0 N–H and O–H groups in total. The Hall–Kier alpha value is -2.18. The van der Waals surface area contributed by atoms with Crippen LogP contribution in [0.2, 0.25) is 0 Å². The second kappa shape index (κ2) is 10.6. The fraction of sp³-hybridized carbons (Fsp3) is 0.478. The van der Waals surface area contributed by atoms with Gasteiger partial charge in [-0.05, 0) is 48.5 Å². The van der Waals surface area contributed by atoms with Crippen LogP contribution < -0.4 is 9.47 Å². The number of nitrogens with zero attached hydrogens (tertiary/aromatic N) is 2. The Kier molecular flexibility index (Phi) is 8.25. The van der Waals surface area contributed by atoms with Crippen molar-refractivity contribution in [1.29, 1.82) is 0 Å². The predicted molar refractivity (Wildman–Crippen MR) is 128 cm³/mol. The van der Waals surface area contributed by atoms with E-state index in [-0.39, 0.29) is 48.9 Å². The van der Waals surface area contributed by atoms with E-state index in [1.807, 2.05) is 13.8 Å². The van der Waals surface area contributed by atoms with E-state index in [1.54, 1.807) is 24.3 Å². The lowest BCUT2D eigenvalue weighted by atomic mass is 10.0. The Morgan fingerprint density at radius 1 is 0.735 bits per heavy atom. The number of hydrogen-bond donors (Lipinski definition) is 0. The second-order valence-electron chi connectivity index (χ2n) is 7.63. The average Bonchev–Trinajstić information content (AvgIpc) is 3.29. The summed E-state index contributed by atoms with van der Waals surface area (Å²) in [6, 6.07) is 12.4. The number of benzene rings is 2. The molecule has 2 aliphatic heterocycles. The molecule has 11 heteroatoms. The third-order valence-corrected chi connectivity index (χ3v) is 9.84. The summed E-state index contributed by atoms with van der Waals surface area (Å²) in [5, 5.41) is 0. The predicted octanol–water partition coefficient (Wildman–Crippen LogP) is 2.93. The topological polar surface area (TPSA) is 102 Å². The van der Waals surface area contributed by atoms with Crippen LogP contribution in [0.4, 0.5) is 0 Å². The van der Waals surface area contributed by atoms with Crippen molar-refractivity contribution in [3.05, 3.63) is 48.5 Å². The van der Waals surface area contributed by atoms with E-state index >= 15 is 0 Å². The van der Waals surface area contributed by atoms with E-state index in [0.29, 0.717) is 11.5 Å². The summed E-state index contributed by atoms with van der Waals surface area (Å²) in [7, 11) is -4.49. The molecule has 1 spiro atoms. The third kappa shape index (κ3) is 4.94. The highest BCUT2D eigenvalue weighted by Crippen LogP contribution is 2.39. The van der Waals surface area contributed by atoms with Crippen LogP contribution in [0.15, 0.2) is 58.3 Å². The summed E-state index contributed by atoms with van der Waals surface area (Å²) in [5.41, 5.74) is -1.05. The smallest absolute Gasteiger partial charge is 0.245 e. The van der Waals surface area contributed by atoms with Crippen molar-refractivity contribution in [3.8, 4) is 11.5 Å². The van der Waals surface area contributed by atoms with Gasteiger partial charge in [0.25, 0.3) is 0 Å². The maximum Gasteiger partial charge on any atom is 0.245 e. The molecule has 0 aliphatic carbocycles. The Bertz CT molecular complexity index is 1160. The zero-order valence-electron chi connectivity index (χ0n) is 19.9. The molecule has 34 heavy (non-hydrogen) atoms. The molecule has 188 valence electrons. The number of piperidine rings is 1. The van der Waals surface area contributed by atoms with Gasteiger partial charge in [-0.2, -0.15) is 8.61 Å². The zero-order valence-corrected chi connectivity index (χ0v) is 21.6. The molecule has 0 amide bonds. The summed E-state index contributed by atoms with van der Waals surface area (Å²) < 4.78 is 71.6. The first-order valence-electron chi connectivity index (χ1n) is 11.2. The van der Waals surface area contributed by atoms with Crippen molar-refractivity contribution >= 4 is 20.0 Å². The molecule has 4 rings (SSSR count). The first-order chi connectivity index (χ1) is 16.2.